The highest BCUT2D eigenvalue weighted by Gasteiger charge is 2.44. The minimum absolute atomic E-state index is 0.0823. The molecule has 0 aromatic carbocycles. The first-order valence-electron chi connectivity index (χ1n) is 8.21. The maximum Gasteiger partial charge on any atom is 0.433 e. The van der Waals surface area contributed by atoms with E-state index in [2.05, 4.69) is 21.2 Å². The average Bonchev–Trinajstić information content (AvgIpc) is 3.07. The van der Waals surface area contributed by atoms with Gasteiger partial charge in [-0.05, 0) is 30.9 Å². The predicted octanol–water partition coefficient (Wildman–Crippen LogP) is 0.874. The van der Waals surface area contributed by atoms with E-state index in [1.165, 1.54) is 13.2 Å². The second-order valence-corrected chi connectivity index (χ2v) is 6.48. The minimum atomic E-state index is -4.63. The number of aromatic nitrogens is 1. The van der Waals surface area contributed by atoms with Crippen LogP contribution >= 0.6 is 0 Å². The van der Waals surface area contributed by atoms with E-state index in [0.717, 1.165) is 12.1 Å². The normalized spacial score (nSPS) is 28.3. The van der Waals surface area contributed by atoms with E-state index in [4.69, 9.17) is 4.74 Å². The van der Waals surface area contributed by atoms with Gasteiger partial charge >= 0.3 is 12.1 Å². The maximum absolute atomic E-state index is 12.8. The molecule has 1 saturated heterocycles. The molecule has 2 fully saturated rings. The van der Waals surface area contributed by atoms with Crippen LogP contribution < -0.4 is 16.2 Å². The maximum atomic E-state index is 12.8. The Balaban J connectivity index is 1.77. The lowest BCUT2D eigenvalue weighted by Crippen LogP contribution is -2.52. The Hall–Kier alpha value is -2.20. The Morgan fingerprint density at radius 3 is 2.77 bits per heavy atom. The molecule has 0 radical (unpaired) electrons. The quantitative estimate of drug-likeness (QED) is 0.682. The molecular weight excluding hydrogens is 353 g/mol. The minimum Gasteiger partial charge on any atom is -0.469 e. The first-order chi connectivity index (χ1) is 12.3. The van der Waals surface area contributed by atoms with E-state index in [9.17, 15) is 22.8 Å². The molecule has 2 heterocycles. The van der Waals surface area contributed by atoms with Crippen molar-refractivity contribution in [1.29, 1.82) is 0 Å². The SMILES string of the molecule is COC(=O)C1CC2NNCC2CC1NC(=O)c1cccc(C(F)(F)F)n1. The second kappa shape index (κ2) is 7.20. The molecule has 7 nitrogen and oxygen atoms in total. The summed E-state index contributed by atoms with van der Waals surface area (Å²) in [6, 6.07) is 2.69. The highest BCUT2D eigenvalue weighted by Crippen LogP contribution is 2.32. The molecule has 1 aliphatic carbocycles. The Labute approximate surface area is 147 Å². The number of carbonyl (C=O) groups excluding carboxylic acids is 2. The number of carbonyl (C=O) groups is 2. The van der Waals surface area contributed by atoms with Gasteiger partial charge in [0.1, 0.15) is 11.4 Å². The molecular formula is C16H19F3N4O3. The zero-order valence-electron chi connectivity index (χ0n) is 14.0. The molecule has 4 unspecified atom stereocenters. The third-order valence-corrected chi connectivity index (χ3v) is 4.86. The van der Waals surface area contributed by atoms with Crippen LogP contribution in [0.4, 0.5) is 13.2 Å². The van der Waals surface area contributed by atoms with Crippen molar-refractivity contribution < 1.29 is 27.5 Å². The number of amides is 1. The van der Waals surface area contributed by atoms with E-state index in [1.807, 2.05) is 0 Å². The molecule has 0 spiro atoms. The highest BCUT2D eigenvalue weighted by molar-refractivity contribution is 5.93. The number of alkyl halides is 3. The number of ether oxygens (including phenoxy) is 1. The van der Waals surface area contributed by atoms with Crippen molar-refractivity contribution in [2.24, 2.45) is 11.8 Å². The van der Waals surface area contributed by atoms with Crippen LogP contribution in [0.3, 0.4) is 0 Å². The molecule has 1 aliphatic heterocycles. The average molecular weight is 372 g/mol. The molecule has 1 aromatic heterocycles. The molecule has 3 rings (SSSR count). The number of nitrogens with zero attached hydrogens (tertiary/aromatic N) is 1. The van der Waals surface area contributed by atoms with Crippen molar-refractivity contribution in [2.45, 2.75) is 31.1 Å². The smallest absolute Gasteiger partial charge is 0.433 e. The Morgan fingerprint density at radius 1 is 1.31 bits per heavy atom. The summed E-state index contributed by atoms with van der Waals surface area (Å²) in [5, 5.41) is 2.67. The van der Waals surface area contributed by atoms with Gasteiger partial charge in [-0.2, -0.15) is 13.2 Å². The van der Waals surface area contributed by atoms with Crippen molar-refractivity contribution in [3.8, 4) is 0 Å². The monoisotopic (exact) mass is 372 g/mol. The van der Waals surface area contributed by atoms with Gasteiger partial charge in [0, 0.05) is 18.6 Å². The van der Waals surface area contributed by atoms with Gasteiger partial charge in [0.05, 0.1) is 13.0 Å². The molecule has 1 aromatic rings. The zero-order valence-corrected chi connectivity index (χ0v) is 14.0. The van der Waals surface area contributed by atoms with Crippen LogP contribution in [0.15, 0.2) is 18.2 Å². The molecule has 10 heteroatoms. The summed E-state index contributed by atoms with van der Waals surface area (Å²) >= 11 is 0. The van der Waals surface area contributed by atoms with Gasteiger partial charge in [0.2, 0.25) is 0 Å². The lowest BCUT2D eigenvalue weighted by atomic mass is 9.75. The largest absolute Gasteiger partial charge is 0.469 e. The van der Waals surface area contributed by atoms with Crippen LogP contribution in [0.25, 0.3) is 0 Å². The fourth-order valence-electron chi connectivity index (χ4n) is 3.54. The van der Waals surface area contributed by atoms with E-state index in [-0.39, 0.29) is 17.7 Å². The van der Waals surface area contributed by atoms with Gasteiger partial charge < -0.3 is 10.1 Å². The number of halogens is 3. The number of rotatable bonds is 3. The summed E-state index contributed by atoms with van der Waals surface area (Å²) in [4.78, 5) is 27.9. The molecule has 0 bridgehead atoms. The number of methoxy groups -OCH3 is 1. The topological polar surface area (TPSA) is 92.4 Å². The van der Waals surface area contributed by atoms with Crippen molar-refractivity contribution in [3.05, 3.63) is 29.6 Å². The van der Waals surface area contributed by atoms with Crippen molar-refractivity contribution in [2.75, 3.05) is 13.7 Å². The zero-order chi connectivity index (χ0) is 18.9. The molecule has 3 N–H and O–H groups in total. The summed E-state index contributed by atoms with van der Waals surface area (Å²) in [7, 11) is 1.27. The second-order valence-electron chi connectivity index (χ2n) is 6.48. The summed E-state index contributed by atoms with van der Waals surface area (Å²) in [6.45, 7) is 0.687. The standard InChI is InChI=1S/C16H19F3N4O3/c1-26-15(25)9-6-11-8(7-20-23-11)5-12(9)22-14(24)10-3-2-4-13(21-10)16(17,18)19/h2-4,8-9,11-12,20,23H,5-7H2,1H3,(H,22,24). The van der Waals surface area contributed by atoms with Crippen LogP contribution in [0, 0.1) is 11.8 Å². The van der Waals surface area contributed by atoms with Crippen LogP contribution in [0.1, 0.15) is 29.0 Å². The van der Waals surface area contributed by atoms with Crippen LogP contribution in [-0.2, 0) is 15.7 Å². The number of hydrogen-bond acceptors (Lipinski definition) is 6. The molecule has 2 aliphatic rings. The first kappa shape index (κ1) is 18.6. The molecule has 142 valence electrons. The molecule has 1 amide bonds. The van der Waals surface area contributed by atoms with Gasteiger partial charge in [0.25, 0.3) is 5.91 Å². The Kier molecular flexibility index (Phi) is 5.15. The van der Waals surface area contributed by atoms with E-state index >= 15 is 0 Å². The number of esters is 1. The van der Waals surface area contributed by atoms with Crippen LogP contribution in [0.2, 0.25) is 0 Å². The van der Waals surface area contributed by atoms with Crippen LogP contribution in [0.5, 0.6) is 0 Å². The van der Waals surface area contributed by atoms with Gasteiger partial charge in [-0.15, -0.1) is 0 Å². The first-order valence-corrected chi connectivity index (χ1v) is 8.21. The van der Waals surface area contributed by atoms with Crippen molar-refractivity contribution in [1.82, 2.24) is 21.2 Å². The molecule has 4 atom stereocenters. The summed E-state index contributed by atoms with van der Waals surface area (Å²) < 4.78 is 43.2. The number of pyridine rings is 1. The highest BCUT2D eigenvalue weighted by atomic mass is 19.4. The number of hydrogen-bond donors (Lipinski definition) is 3. The molecule has 1 saturated carbocycles. The lowest BCUT2D eigenvalue weighted by molar-refractivity contribution is -0.148. The third-order valence-electron chi connectivity index (χ3n) is 4.86. The van der Waals surface area contributed by atoms with Gasteiger partial charge in [0.15, 0.2) is 0 Å². The van der Waals surface area contributed by atoms with Gasteiger partial charge in [-0.3, -0.25) is 20.4 Å². The third kappa shape index (κ3) is 3.80. The van der Waals surface area contributed by atoms with E-state index < -0.39 is 35.7 Å². The fraction of sp³-hybridized carbons (Fsp3) is 0.562. The summed E-state index contributed by atoms with van der Waals surface area (Å²) in [6.07, 6.45) is -3.66. The molecule has 26 heavy (non-hydrogen) atoms. The van der Waals surface area contributed by atoms with Crippen molar-refractivity contribution in [3.63, 3.8) is 0 Å². The van der Waals surface area contributed by atoms with E-state index in [1.54, 1.807) is 0 Å². The summed E-state index contributed by atoms with van der Waals surface area (Å²) in [5.41, 5.74) is 4.63. The van der Waals surface area contributed by atoms with Crippen LogP contribution in [-0.4, -0.2) is 42.6 Å². The Bertz CT molecular complexity index is 698. The van der Waals surface area contributed by atoms with Gasteiger partial charge in [-0.1, -0.05) is 6.07 Å². The Morgan fingerprint density at radius 2 is 2.08 bits per heavy atom. The lowest BCUT2D eigenvalue weighted by Gasteiger charge is -2.36. The van der Waals surface area contributed by atoms with Crippen molar-refractivity contribution >= 4 is 11.9 Å². The van der Waals surface area contributed by atoms with Gasteiger partial charge in [-0.25, -0.2) is 4.98 Å². The predicted molar refractivity (Wildman–Crippen MR) is 83.6 cm³/mol. The fourth-order valence-corrected chi connectivity index (χ4v) is 3.54. The van der Waals surface area contributed by atoms with E-state index in [0.29, 0.717) is 19.4 Å². The summed E-state index contributed by atoms with van der Waals surface area (Å²) in [5.74, 6) is -1.58. The number of nitrogens with one attached hydrogen (secondary N) is 3. The number of hydrazine groups is 1. The number of fused-ring (bicyclic) bond motifs is 1.